The molecule has 0 atom stereocenters. The molecule has 0 spiro atoms. The van der Waals surface area contributed by atoms with E-state index in [2.05, 4.69) is 0 Å². The van der Waals surface area contributed by atoms with Crippen LogP contribution in [0.4, 0.5) is 5.69 Å². The number of ether oxygens (including phenoxy) is 4. The summed E-state index contributed by atoms with van der Waals surface area (Å²) < 4.78 is 20.4. The molecule has 3 rings (SSSR count). The van der Waals surface area contributed by atoms with E-state index in [-0.39, 0.29) is 22.8 Å². The van der Waals surface area contributed by atoms with Gasteiger partial charge in [-0.15, -0.1) is 0 Å². The van der Waals surface area contributed by atoms with E-state index in [9.17, 15) is 24.0 Å². The van der Waals surface area contributed by atoms with Gasteiger partial charge in [-0.2, -0.15) is 0 Å². The number of likely N-dealkylation sites (N-methyl/N-ethyl adjacent to an activating group) is 1. The van der Waals surface area contributed by atoms with Gasteiger partial charge in [0.25, 0.3) is 5.91 Å². The van der Waals surface area contributed by atoms with E-state index in [0.717, 1.165) is 43.7 Å². The van der Waals surface area contributed by atoms with Crippen molar-refractivity contribution in [1.29, 1.82) is 0 Å². The molecule has 0 unspecified atom stereocenters. The van der Waals surface area contributed by atoms with Crippen molar-refractivity contribution in [3.63, 3.8) is 0 Å². The van der Waals surface area contributed by atoms with Crippen LogP contribution in [-0.2, 0) is 23.9 Å². The monoisotopic (exact) mass is 507 g/mol. The molecule has 0 bridgehead atoms. The zero-order valence-corrected chi connectivity index (χ0v) is 20.7. The molecule has 0 heterocycles. The lowest BCUT2D eigenvalue weighted by Crippen LogP contribution is -2.34. The summed E-state index contributed by atoms with van der Waals surface area (Å²) in [5.74, 6) is -4.82. The fourth-order valence-electron chi connectivity index (χ4n) is 3.61. The predicted octanol–water partition coefficient (Wildman–Crippen LogP) is 3.83. The second kappa shape index (κ2) is 11.8. The van der Waals surface area contributed by atoms with Gasteiger partial charge in [0, 0.05) is 32.7 Å². The summed E-state index contributed by atoms with van der Waals surface area (Å²) in [6.07, 6.45) is 0. The number of rotatable bonds is 8. The normalized spacial score (nSPS) is 10.4. The lowest BCUT2D eigenvalue weighted by molar-refractivity contribution is -0.135. The third-order valence-corrected chi connectivity index (χ3v) is 5.01. The third kappa shape index (κ3) is 6.69. The van der Waals surface area contributed by atoms with Gasteiger partial charge in [-0.25, -0.2) is 4.79 Å². The maximum absolute atomic E-state index is 13.0. The number of benzene rings is 3. The van der Waals surface area contributed by atoms with Crippen molar-refractivity contribution in [3.05, 3.63) is 60.2 Å². The van der Waals surface area contributed by atoms with Gasteiger partial charge in [0.15, 0.2) is 18.1 Å². The highest BCUT2D eigenvalue weighted by Crippen LogP contribution is 2.39. The highest BCUT2D eigenvalue weighted by atomic mass is 16.6. The Bertz CT molecular complexity index is 1340. The molecule has 10 nitrogen and oxygen atoms in total. The maximum atomic E-state index is 13.0. The van der Waals surface area contributed by atoms with Gasteiger partial charge in [-0.05, 0) is 30.5 Å². The number of carbonyl (C=O) groups is 5. The Morgan fingerprint density at radius 2 is 1.32 bits per heavy atom. The molecule has 0 N–H and O–H groups in total. The number of anilines is 1. The molecule has 0 radical (unpaired) electrons. The first-order chi connectivity index (χ1) is 17.6. The average molecular weight is 507 g/mol. The first kappa shape index (κ1) is 26.9. The van der Waals surface area contributed by atoms with Crippen LogP contribution in [0.1, 0.15) is 38.1 Å². The third-order valence-electron chi connectivity index (χ3n) is 5.01. The van der Waals surface area contributed by atoms with Crippen LogP contribution in [0.25, 0.3) is 10.8 Å². The Morgan fingerprint density at radius 3 is 1.89 bits per heavy atom. The second-order valence-corrected chi connectivity index (χ2v) is 7.79. The Balaban J connectivity index is 1.87. The maximum Gasteiger partial charge on any atom is 0.338 e. The second-order valence-electron chi connectivity index (χ2n) is 7.79. The highest BCUT2D eigenvalue weighted by molar-refractivity contribution is 6.05. The van der Waals surface area contributed by atoms with Crippen LogP contribution in [0.3, 0.4) is 0 Å². The molecule has 10 heteroatoms. The molecule has 37 heavy (non-hydrogen) atoms. The molecular weight excluding hydrogens is 482 g/mol. The molecule has 0 aliphatic rings. The van der Waals surface area contributed by atoms with Crippen molar-refractivity contribution in [2.45, 2.75) is 27.7 Å². The van der Waals surface area contributed by atoms with Crippen molar-refractivity contribution in [3.8, 4) is 17.2 Å². The van der Waals surface area contributed by atoms with Crippen LogP contribution in [0.15, 0.2) is 54.6 Å². The van der Waals surface area contributed by atoms with E-state index in [4.69, 9.17) is 18.9 Å². The van der Waals surface area contributed by atoms with Crippen molar-refractivity contribution in [1.82, 2.24) is 0 Å². The first-order valence-electron chi connectivity index (χ1n) is 11.3. The van der Waals surface area contributed by atoms with Crippen molar-refractivity contribution >= 4 is 46.2 Å². The zero-order valence-electron chi connectivity index (χ0n) is 20.7. The minimum Gasteiger partial charge on any atom is -0.452 e. The van der Waals surface area contributed by atoms with Crippen LogP contribution in [0, 0.1) is 0 Å². The quantitative estimate of drug-likeness (QED) is 0.330. The number of hydrogen-bond donors (Lipinski definition) is 0. The fraction of sp³-hybridized carbons (Fsp3) is 0.222. The first-order valence-corrected chi connectivity index (χ1v) is 11.3. The molecule has 1 amide bonds. The molecular formula is C27H25NO9. The molecule has 3 aromatic rings. The number of nitrogens with zero attached hydrogens (tertiary/aromatic N) is 1. The SMILES string of the molecule is CCN(C(=O)COC(=O)c1cc(OC(C)=O)c(OC(C)=O)c(OC(C)=O)c1)c1cccc2ccccc12. The van der Waals surface area contributed by atoms with Crippen LogP contribution in [0.5, 0.6) is 17.2 Å². The van der Waals surface area contributed by atoms with E-state index in [1.807, 2.05) is 36.4 Å². The zero-order chi connectivity index (χ0) is 27.1. The minimum atomic E-state index is -0.960. The lowest BCUT2D eigenvalue weighted by Gasteiger charge is -2.22. The van der Waals surface area contributed by atoms with Gasteiger partial charge in [0.2, 0.25) is 5.75 Å². The summed E-state index contributed by atoms with van der Waals surface area (Å²) in [5.41, 5.74) is 0.464. The number of carbonyl (C=O) groups excluding carboxylic acids is 5. The Kier molecular flexibility index (Phi) is 8.57. The Hall–Kier alpha value is -4.73. The molecule has 0 aromatic heterocycles. The topological polar surface area (TPSA) is 126 Å². The fourth-order valence-corrected chi connectivity index (χ4v) is 3.61. The average Bonchev–Trinajstić information content (AvgIpc) is 2.84. The summed E-state index contributed by atoms with van der Waals surface area (Å²) in [5, 5.41) is 1.82. The van der Waals surface area contributed by atoms with E-state index in [1.165, 1.54) is 4.90 Å². The minimum absolute atomic E-state index is 0.204. The molecule has 0 fully saturated rings. The van der Waals surface area contributed by atoms with Crippen molar-refractivity contribution < 1.29 is 42.9 Å². The summed E-state index contributed by atoms with van der Waals surface area (Å²) in [6, 6.07) is 15.3. The van der Waals surface area contributed by atoms with E-state index in [1.54, 1.807) is 13.0 Å². The molecule has 0 saturated heterocycles. The van der Waals surface area contributed by atoms with Crippen LogP contribution >= 0.6 is 0 Å². The van der Waals surface area contributed by atoms with Gasteiger partial charge < -0.3 is 23.8 Å². The summed E-state index contributed by atoms with van der Waals surface area (Å²) in [7, 11) is 0. The summed E-state index contributed by atoms with van der Waals surface area (Å²) in [6.45, 7) is 4.82. The van der Waals surface area contributed by atoms with E-state index < -0.39 is 36.4 Å². The molecule has 0 aliphatic carbocycles. The van der Waals surface area contributed by atoms with Crippen LogP contribution in [-0.4, -0.2) is 42.9 Å². The van der Waals surface area contributed by atoms with Gasteiger partial charge in [0.1, 0.15) is 0 Å². The van der Waals surface area contributed by atoms with Gasteiger partial charge in [-0.1, -0.05) is 36.4 Å². The summed E-state index contributed by atoms with van der Waals surface area (Å²) >= 11 is 0. The molecule has 0 aliphatic heterocycles. The number of hydrogen-bond acceptors (Lipinski definition) is 9. The van der Waals surface area contributed by atoms with Gasteiger partial charge >= 0.3 is 23.9 Å². The number of esters is 4. The molecule has 0 saturated carbocycles. The molecule has 192 valence electrons. The lowest BCUT2D eigenvalue weighted by atomic mass is 10.1. The molecule has 3 aromatic carbocycles. The Labute approximate surface area is 212 Å². The smallest absolute Gasteiger partial charge is 0.338 e. The largest absolute Gasteiger partial charge is 0.452 e. The van der Waals surface area contributed by atoms with Gasteiger partial charge in [0.05, 0.1) is 11.3 Å². The van der Waals surface area contributed by atoms with Crippen molar-refractivity contribution in [2.24, 2.45) is 0 Å². The number of fused-ring (bicyclic) bond motifs is 1. The predicted molar refractivity (Wildman–Crippen MR) is 133 cm³/mol. The van der Waals surface area contributed by atoms with E-state index >= 15 is 0 Å². The Morgan fingerprint density at radius 1 is 0.757 bits per heavy atom. The number of amides is 1. The standard InChI is InChI=1S/C27H25NO9/c1-5-28(22-12-8-10-19-9-6-7-11-21(19)22)25(32)15-34-27(33)20-13-23(35-16(2)29)26(37-18(4)31)24(14-20)36-17(3)30/h6-14H,5,15H2,1-4H3. The van der Waals surface area contributed by atoms with Crippen LogP contribution < -0.4 is 19.1 Å². The van der Waals surface area contributed by atoms with Crippen LogP contribution in [0.2, 0.25) is 0 Å². The highest BCUT2D eigenvalue weighted by Gasteiger charge is 2.24. The summed E-state index contributed by atoms with van der Waals surface area (Å²) in [4.78, 5) is 62.0. The van der Waals surface area contributed by atoms with Gasteiger partial charge in [-0.3, -0.25) is 19.2 Å². The van der Waals surface area contributed by atoms with E-state index in [0.29, 0.717) is 12.2 Å². The van der Waals surface area contributed by atoms with Crippen molar-refractivity contribution in [2.75, 3.05) is 18.1 Å².